The molecule has 0 aliphatic carbocycles. The predicted molar refractivity (Wildman–Crippen MR) is 81.8 cm³/mol. The fraction of sp³-hybridized carbons (Fsp3) is 0.214. The van der Waals surface area contributed by atoms with Gasteiger partial charge in [0.25, 0.3) is 0 Å². The van der Waals surface area contributed by atoms with E-state index in [1.54, 1.807) is 0 Å². The predicted octanol–water partition coefficient (Wildman–Crippen LogP) is 5.24. The lowest BCUT2D eigenvalue weighted by molar-refractivity contribution is -0.138. The van der Waals surface area contributed by atoms with Crippen LogP contribution in [0.3, 0.4) is 0 Å². The van der Waals surface area contributed by atoms with Crippen molar-refractivity contribution in [1.29, 1.82) is 0 Å². The topological polar surface area (TPSA) is 48.1 Å². The van der Waals surface area contributed by atoms with E-state index < -0.39 is 17.8 Å². The first kappa shape index (κ1) is 16.9. The number of ether oxygens (including phenoxy) is 1. The van der Waals surface area contributed by atoms with E-state index in [1.807, 2.05) is 0 Å². The smallest absolute Gasteiger partial charge is 0.416 e. The largest absolute Gasteiger partial charge is 0.482 e. The lowest BCUT2D eigenvalue weighted by Gasteiger charge is -2.20. The Morgan fingerprint density at radius 3 is 2.64 bits per heavy atom. The Balaban J connectivity index is 2.39. The lowest BCUT2D eigenvalue weighted by atomic mass is 10.0. The molecule has 8 heteroatoms. The van der Waals surface area contributed by atoms with Crippen LogP contribution in [0.2, 0.25) is 5.02 Å². The van der Waals surface area contributed by atoms with Gasteiger partial charge in [0.2, 0.25) is 0 Å². The maximum Gasteiger partial charge on any atom is 0.416 e. The molecule has 0 saturated carbocycles. The van der Waals surface area contributed by atoms with Crippen LogP contribution >= 0.6 is 27.5 Å². The summed E-state index contributed by atoms with van der Waals surface area (Å²) in [5, 5.41) is 0.193. The van der Waals surface area contributed by atoms with Crippen molar-refractivity contribution >= 4 is 33.3 Å². The number of halogens is 5. The van der Waals surface area contributed by atoms with E-state index in [0.29, 0.717) is 4.47 Å². The van der Waals surface area contributed by atoms with Gasteiger partial charge in [-0.1, -0.05) is 11.6 Å². The van der Waals surface area contributed by atoms with Gasteiger partial charge < -0.3 is 10.5 Å². The minimum atomic E-state index is -4.50. The Bertz CT molecular complexity index is 694. The summed E-state index contributed by atoms with van der Waals surface area (Å²) in [7, 11) is 0. The molecule has 1 atom stereocenters. The van der Waals surface area contributed by atoms with Crippen molar-refractivity contribution in [2.75, 3.05) is 5.73 Å². The number of nitrogens with two attached hydrogens (primary N) is 1. The van der Waals surface area contributed by atoms with Gasteiger partial charge in [0.05, 0.1) is 5.56 Å². The van der Waals surface area contributed by atoms with Crippen LogP contribution in [0.15, 0.2) is 34.9 Å². The van der Waals surface area contributed by atoms with E-state index >= 15 is 0 Å². The van der Waals surface area contributed by atoms with Crippen molar-refractivity contribution in [3.63, 3.8) is 0 Å². The third-order valence-electron chi connectivity index (χ3n) is 2.91. The zero-order valence-corrected chi connectivity index (χ0v) is 13.6. The third-order valence-corrected chi connectivity index (χ3v) is 3.58. The maximum absolute atomic E-state index is 13.1. The molecule has 2 N–H and O–H groups in total. The SMILES string of the molecule is C[C@H](Oc1cc(Br)cnc1N)c1cc(Cl)ccc1C(F)(F)F. The maximum atomic E-state index is 13.1. The molecule has 0 unspecified atom stereocenters. The summed E-state index contributed by atoms with van der Waals surface area (Å²) in [5.74, 6) is 0.278. The molecule has 2 rings (SSSR count). The van der Waals surface area contributed by atoms with Crippen LogP contribution in [0.4, 0.5) is 19.0 Å². The van der Waals surface area contributed by atoms with Crippen molar-refractivity contribution in [3.8, 4) is 5.75 Å². The molecule has 22 heavy (non-hydrogen) atoms. The normalized spacial score (nSPS) is 13.0. The van der Waals surface area contributed by atoms with Crippen LogP contribution in [-0.2, 0) is 6.18 Å². The highest BCUT2D eigenvalue weighted by Gasteiger charge is 2.35. The average Bonchev–Trinajstić information content (AvgIpc) is 2.41. The summed E-state index contributed by atoms with van der Waals surface area (Å²) in [6, 6.07) is 4.89. The van der Waals surface area contributed by atoms with Gasteiger partial charge in [-0.25, -0.2) is 4.98 Å². The van der Waals surface area contributed by atoms with Gasteiger partial charge >= 0.3 is 6.18 Å². The van der Waals surface area contributed by atoms with E-state index in [4.69, 9.17) is 22.1 Å². The van der Waals surface area contributed by atoms with Crippen molar-refractivity contribution in [2.24, 2.45) is 0 Å². The Morgan fingerprint density at radius 2 is 2.00 bits per heavy atom. The molecule has 3 nitrogen and oxygen atoms in total. The van der Waals surface area contributed by atoms with Crippen molar-refractivity contribution in [1.82, 2.24) is 4.98 Å². The highest BCUT2D eigenvalue weighted by Crippen LogP contribution is 2.38. The summed E-state index contributed by atoms with van der Waals surface area (Å²) in [6.07, 6.45) is -3.94. The van der Waals surface area contributed by atoms with Crippen molar-refractivity contribution in [2.45, 2.75) is 19.2 Å². The number of anilines is 1. The number of hydrogen-bond acceptors (Lipinski definition) is 3. The quantitative estimate of drug-likeness (QED) is 0.773. The van der Waals surface area contributed by atoms with Gasteiger partial charge in [-0.3, -0.25) is 0 Å². The lowest BCUT2D eigenvalue weighted by Crippen LogP contribution is -2.14. The number of hydrogen-bond donors (Lipinski definition) is 1. The number of nitrogens with zero attached hydrogens (tertiary/aromatic N) is 1. The van der Waals surface area contributed by atoms with Crippen molar-refractivity contribution < 1.29 is 17.9 Å². The number of aromatic nitrogens is 1. The van der Waals surface area contributed by atoms with E-state index in [1.165, 1.54) is 31.3 Å². The van der Waals surface area contributed by atoms with E-state index in [0.717, 1.165) is 6.07 Å². The highest BCUT2D eigenvalue weighted by atomic mass is 79.9. The fourth-order valence-electron chi connectivity index (χ4n) is 1.91. The molecule has 0 aliphatic rings. The molecule has 0 saturated heterocycles. The van der Waals surface area contributed by atoms with E-state index in [-0.39, 0.29) is 22.2 Å². The van der Waals surface area contributed by atoms with Gasteiger partial charge in [-0.2, -0.15) is 13.2 Å². The second-order valence-corrected chi connectivity index (χ2v) is 5.88. The first-order valence-electron chi connectivity index (χ1n) is 6.13. The molecule has 118 valence electrons. The van der Waals surface area contributed by atoms with Gasteiger partial charge in [-0.05, 0) is 47.1 Å². The summed E-state index contributed by atoms with van der Waals surface area (Å²) in [4.78, 5) is 3.87. The second kappa shape index (κ2) is 6.34. The van der Waals surface area contributed by atoms with Crippen LogP contribution in [-0.4, -0.2) is 4.98 Å². The van der Waals surface area contributed by atoms with Gasteiger partial charge in [0, 0.05) is 21.3 Å². The fourth-order valence-corrected chi connectivity index (χ4v) is 2.40. The van der Waals surface area contributed by atoms with Crippen LogP contribution in [0, 0.1) is 0 Å². The highest BCUT2D eigenvalue weighted by molar-refractivity contribution is 9.10. The Hall–Kier alpha value is -1.47. The molecule has 2 aromatic rings. The summed E-state index contributed by atoms with van der Waals surface area (Å²) in [6.45, 7) is 1.49. The standard InChI is InChI=1S/C14H11BrClF3N2O/c1-7(22-12-4-8(15)6-21-13(12)20)10-5-9(16)2-3-11(10)14(17,18)19/h2-7H,1H3,(H2,20,21)/t7-/m0/s1. The minimum absolute atomic E-state index is 0.0700. The summed E-state index contributed by atoms with van der Waals surface area (Å²) < 4.78 is 45.4. The molecular formula is C14H11BrClF3N2O. The number of nitrogen functional groups attached to an aromatic ring is 1. The Morgan fingerprint density at radius 1 is 1.32 bits per heavy atom. The molecule has 0 radical (unpaired) electrons. The number of pyridine rings is 1. The number of benzene rings is 1. The molecule has 1 aromatic heterocycles. The van der Waals surface area contributed by atoms with Crippen molar-refractivity contribution in [3.05, 3.63) is 51.1 Å². The van der Waals surface area contributed by atoms with Crippen LogP contribution < -0.4 is 10.5 Å². The number of alkyl halides is 3. The molecule has 0 fully saturated rings. The monoisotopic (exact) mass is 394 g/mol. The second-order valence-electron chi connectivity index (χ2n) is 4.53. The van der Waals surface area contributed by atoms with Gasteiger partial charge in [0.15, 0.2) is 11.6 Å². The number of rotatable bonds is 3. The van der Waals surface area contributed by atoms with E-state index in [9.17, 15) is 13.2 Å². The van der Waals surface area contributed by atoms with E-state index in [2.05, 4.69) is 20.9 Å². The van der Waals surface area contributed by atoms with Gasteiger partial charge in [-0.15, -0.1) is 0 Å². The first-order chi connectivity index (χ1) is 10.2. The molecule has 0 spiro atoms. The molecular weight excluding hydrogens is 385 g/mol. The molecule has 1 aromatic carbocycles. The third kappa shape index (κ3) is 3.84. The molecule has 0 bridgehead atoms. The average molecular weight is 396 g/mol. The minimum Gasteiger partial charge on any atom is -0.482 e. The van der Waals surface area contributed by atoms with Crippen LogP contribution in [0.5, 0.6) is 5.75 Å². The molecule has 1 heterocycles. The first-order valence-corrected chi connectivity index (χ1v) is 7.30. The molecule has 0 amide bonds. The van der Waals surface area contributed by atoms with Crippen LogP contribution in [0.1, 0.15) is 24.2 Å². The van der Waals surface area contributed by atoms with Crippen LogP contribution in [0.25, 0.3) is 0 Å². The molecule has 0 aliphatic heterocycles. The Labute approximate surface area is 138 Å². The zero-order valence-electron chi connectivity index (χ0n) is 11.3. The Kier molecular flexibility index (Phi) is 4.87. The summed E-state index contributed by atoms with van der Waals surface area (Å²) in [5.41, 5.74) is 4.79. The zero-order chi connectivity index (χ0) is 16.5. The summed E-state index contributed by atoms with van der Waals surface area (Å²) >= 11 is 9.00. The van der Waals surface area contributed by atoms with Gasteiger partial charge in [0.1, 0.15) is 6.10 Å².